The highest BCUT2D eigenvalue weighted by Crippen LogP contribution is 2.05. The van der Waals surface area contributed by atoms with E-state index in [-0.39, 0.29) is 29.8 Å². The van der Waals surface area contributed by atoms with Crippen LogP contribution in [0.1, 0.15) is 25.3 Å². The van der Waals surface area contributed by atoms with Gasteiger partial charge < -0.3 is 20.4 Å². The number of benzene rings is 1. The topological polar surface area (TPSA) is 42.9 Å². The Morgan fingerprint density at radius 3 is 2.81 bits per heavy atom. The van der Waals surface area contributed by atoms with Crippen LogP contribution in [0.25, 0.3) is 0 Å². The zero-order valence-electron chi connectivity index (χ0n) is 16.0. The van der Waals surface area contributed by atoms with Crippen LogP contribution < -0.4 is 10.6 Å². The van der Waals surface area contributed by atoms with E-state index in [1.807, 2.05) is 13.0 Å². The summed E-state index contributed by atoms with van der Waals surface area (Å²) in [5.41, 5.74) is 0.880. The van der Waals surface area contributed by atoms with Crippen molar-refractivity contribution >= 4 is 29.9 Å². The first kappa shape index (κ1) is 23.1. The van der Waals surface area contributed by atoms with Crippen LogP contribution in [0.15, 0.2) is 29.3 Å². The molecule has 1 aliphatic rings. The molecule has 7 heteroatoms. The van der Waals surface area contributed by atoms with Gasteiger partial charge >= 0.3 is 0 Å². The van der Waals surface area contributed by atoms with Crippen LogP contribution in [0.4, 0.5) is 4.39 Å². The van der Waals surface area contributed by atoms with Gasteiger partial charge in [-0.1, -0.05) is 12.1 Å². The first-order valence-electron chi connectivity index (χ1n) is 9.35. The average molecular weight is 477 g/mol. The standard InChI is InChI=1S/C19H32FN5.HI/c1-3-21-19(23-16-17-7-4-8-18(20)15-17)22-9-5-11-25-12-6-10-24(2)13-14-25;/h4,7-8,15H,3,5-6,9-14,16H2,1-2H3,(H2,21,22,23);1H. The van der Waals surface area contributed by atoms with E-state index in [0.29, 0.717) is 6.54 Å². The summed E-state index contributed by atoms with van der Waals surface area (Å²) < 4.78 is 13.2. The van der Waals surface area contributed by atoms with Gasteiger partial charge in [0.05, 0.1) is 6.54 Å². The Hall–Kier alpha value is -0.930. The van der Waals surface area contributed by atoms with Crippen LogP contribution in [-0.2, 0) is 6.54 Å². The lowest BCUT2D eigenvalue weighted by atomic mass is 10.2. The quantitative estimate of drug-likeness (QED) is 0.274. The van der Waals surface area contributed by atoms with E-state index in [4.69, 9.17) is 0 Å². The molecule has 1 aromatic rings. The van der Waals surface area contributed by atoms with Crippen molar-refractivity contribution in [3.63, 3.8) is 0 Å². The molecule has 0 aromatic heterocycles. The van der Waals surface area contributed by atoms with Crippen molar-refractivity contribution in [3.05, 3.63) is 35.6 Å². The highest BCUT2D eigenvalue weighted by molar-refractivity contribution is 14.0. The summed E-state index contributed by atoms with van der Waals surface area (Å²) in [6.45, 7) is 10.1. The van der Waals surface area contributed by atoms with Crippen molar-refractivity contribution in [2.75, 3.05) is 52.9 Å². The Kier molecular flexibility index (Phi) is 11.8. The van der Waals surface area contributed by atoms with Crippen molar-refractivity contribution in [2.45, 2.75) is 26.3 Å². The molecular weight excluding hydrogens is 444 g/mol. The first-order valence-corrected chi connectivity index (χ1v) is 9.35. The number of likely N-dealkylation sites (N-methyl/N-ethyl adjacent to an activating group) is 1. The van der Waals surface area contributed by atoms with E-state index in [1.54, 1.807) is 6.07 Å². The molecule has 1 saturated heterocycles. The number of halogens is 2. The van der Waals surface area contributed by atoms with Gasteiger partial charge in [0, 0.05) is 26.2 Å². The molecule has 1 fully saturated rings. The van der Waals surface area contributed by atoms with Gasteiger partial charge in [-0.2, -0.15) is 0 Å². The van der Waals surface area contributed by atoms with Gasteiger partial charge in [-0.25, -0.2) is 9.38 Å². The Morgan fingerprint density at radius 2 is 2.04 bits per heavy atom. The van der Waals surface area contributed by atoms with Crippen LogP contribution in [0.5, 0.6) is 0 Å². The smallest absolute Gasteiger partial charge is 0.191 e. The summed E-state index contributed by atoms with van der Waals surface area (Å²) in [6.07, 6.45) is 2.34. The van der Waals surface area contributed by atoms with E-state index in [0.717, 1.165) is 50.7 Å². The molecule has 0 saturated carbocycles. The van der Waals surface area contributed by atoms with Crippen molar-refractivity contribution in [1.82, 2.24) is 20.4 Å². The molecule has 0 bridgehead atoms. The second-order valence-corrected chi connectivity index (χ2v) is 6.60. The Bertz CT molecular complexity index is 540. The van der Waals surface area contributed by atoms with Gasteiger partial charge in [0.2, 0.25) is 0 Å². The molecule has 0 amide bonds. The van der Waals surface area contributed by atoms with Gasteiger partial charge in [-0.15, -0.1) is 24.0 Å². The lowest BCUT2D eigenvalue weighted by molar-refractivity contribution is 0.274. The SMILES string of the molecule is CCNC(=NCc1cccc(F)c1)NCCCN1CCCN(C)CC1.I. The van der Waals surface area contributed by atoms with E-state index < -0.39 is 0 Å². The van der Waals surface area contributed by atoms with Crippen molar-refractivity contribution < 1.29 is 4.39 Å². The fourth-order valence-corrected chi connectivity index (χ4v) is 2.98. The predicted octanol–water partition coefficient (Wildman–Crippen LogP) is 2.53. The molecule has 148 valence electrons. The predicted molar refractivity (Wildman–Crippen MR) is 118 cm³/mol. The molecule has 1 aromatic carbocycles. The maximum atomic E-state index is 13.2. The first-order chi connectivity index (χ1) is 12.2. The summed E-state index contributed by atoms with van der Waals surface area (Å²) in [5.74, 6) is 0.580. The number of nitrogens with one attached hydrogen (secondary N) is 2. The molecule has 2 rings (SSSR count). The molecule has 0 atom stereocenters. The zero-order chi connectivity index (χ0) is 17.9. The molecule has 0 spiro atoms. The van der Waals surface area contributed by atoms with Gasteiger partial charge in [0.25, 0.3) is 0 Å². The number of aliphatic imine (C=N–C) groups is 1. The Balaban J connectivity index is 0.00000338. The third-order valence-corrected chi connectivity index (χ3v) is 4.41. The fourth-order valence-electron chi connectivity index (χ4n) is 2.98. The van der Waals surface area contributed by atoms with E-state index >= 15 is 0 Å². The molecule has 1 aliphatic heterocycles. The van der Waals surface area contributed by atoms with Crippen molar-refractivity contribution in [3.8, 4) is 0 Å². The summed E-state index contributed by atoms with van der Waals surface area (Å²) in [5, 5.41) is 6.62. The number of hydrogen-bond acceptors (Lipinski definition) is 3. The molecule has 0 unspecified atom stereocenters. The van der Waals surface area contributed by atoms with Crippen LogP contribution in [0, 0.1) is 5.82 Å². The van der Waals surface area contributed by atoms with E-state index in [2.05, 4.69) is 32.5 Å². The summed E-state index contributed by atoms with van der Waals surface area (Å²) in [4.78, 5) is 9.49. The summed E-state index contributed by atoms with van der Waals surface area (Å²) >= 11 is 0. The van der Waals surface area contributed by atoms with Crippen molar-refractivity contribution in [1.29, 1.82) is 0 Å². The fraction of sp³-hybridized carbons (Fsp3) is 0.632. The van der Waals surface area contributed by atoms with E-state index in [9.17, 15) is 4.39 Å². The summed E-state index contributed by atoms with van der Waals surface area (Å²) in [7, 11) is 2.20. The van der Waals surface area contributed by atoms with E-state index in [1.165, 1.54) is 31.6 Å². The van der Waals surface area contributed by atoms with Gasteiger partial charge in [0.1, 0.15) is 5.82 Å². The monoisotopic (exact) mass is 477 g/mol. The highest BCUT2D eigenvalue weighted by Gasteiger charge is 2.11. The molecular formula is C19H33FIN5. The average Bonchev–Trinajstić information content (AvgIpc) is 2.81. The third-order valence-electron chi connectivity index (χ3n) is 4.41. The zero-order valence-corrected chi connectivity index (χ0v) is 18.3. The maximum Gasteiger partial charge on any atom is 0.191 e. The van der Waals surface area contributed by atoms with Crippen LogP contribution in [0.3, 0.4) is 0 Å². The van der Waals surface area contributed by atoms with Crippen LogP contribution >= 0.6 is 24.0 Å². The summed E-state index contributed by atoms with van der Waals surface area (Å²) in [6, 6.07) is 6.60. The maximum absolute atomic E-state index is 13.2. The Morgan fingerprint density at radius 1 is 1.19 bits per heavy atom. The van der Waals surface area contributed by atoms with Gasteiger partial charge in [-0.3, -0.25) is 0 Å². The molecule has 0 radical (unpaired) electrons. The van der Waals surface area contributed by atoms with Crippen LogP contribution in [0.2, 0.25) is 0 Å². The largest absolute Gasteiger partial charge is 0.357 e. The third kappa shape index (κ3) is 9.14. The lowest BCUT2D eigenvalue weighted by Gasteiger charge is -2.20. The number of hydrogen-bond donors (Lipinski definition) is 2. The highest BCUT2D eigenvalue weighted by atomic mass is 127. The lowest BCUT2D eigenvalue weighted by Crippen LogP contribution is -2.39. The second kappa shape index (κ2) is 13.3. The minimum atomic E-state index is -0.214. The number of rotatable bonds is 7. The molecule has 26 heavy (non-hydrogen) atoms. The molecule has 0 aliphatic carbocycles. The molecule has 1 heterocycles. The Labute approximate surface area is 174 Å². The number of guanidine groups is 1. The molecule has 2 N–H and O–H groups in total. The van der Waals surface area contributed by atoms with Crippen molar-refractivity contribution in [2.24, 2.45) is 4.99 Å². The minimum Gasteiger partial charge on any atom is -0.357 e. The normalized spacial score (nSPS) is 16.7. The van der Waals surface area contributed by atoms with Crippen LogP contribution in [-0.4, -0.2) is 68.6 Å². The van der Waals surface area contributed by atoms with Gasteiger partial charge in [-0.05, 0) is 64.1 Å². The minimum absolute atomic E-state index is 0. The number of nitrogens with zero attached hydrogens (tertiary/aromatic N) is 3. The second-order valence-electron chi connectivity index (χ2n) is 6.60. The van der Waals surface area contributed by atoms with Gasteiger partial charge in [0.15, 0.2) is 5.96 Å². The molecule has 5 nitrogen and oxygen atoms in total.